The van der Waals surface area contributed by atoms with Gasteiger partial charge in [-0.05, 0) is 51.0 Å². The molecule has 0 heterocycles. The number of amides is 3. The highest BCUT2D eigenvalue weighted by molar-refractivity contribution is 5.98. The Hall–Kier alpha value is -3.36. The van der Waals surface area contributed by atoms with Crippen molar-refractivity contribution < 1.29 is 29.0 Å². The molecule has 0 spiro atoms. The molecule has 30 heavy (non-hydrogen) atoms. The Bertz CT molecular complexity index is 813. The number of nitrogens with one attached hydrogen (secondary N) is 3. The zero-order chi connectivity index (χ0) is 23.0. The van der Waals surface area contributed by atoms with Gasteiger partial charge in [0, 0.05) is 5.56 Å². The third-order valence-corrected chi connectivity index (χ3v) is 4.43. The lowest BCUT2D eigenvalue weighted by atomic mass is 10.0. The molecule has 0 saturated carbocycles. The molecule has 9 nitrogen and oxygen atoms in total. The van der Waals surface area contributed by atoms with E-state index >= 15 is 0 Å². The first-order valence-corrected chi connectivity index (χ1v) is 9.41. The number of aryl methyl sites for hydroxylation is 2. The van der Waals surface area contributed by atoms with Gasteiger partial charge >= 0.3 is 5.97 Å². The minimum absolute atomic E-state index is 0.316. The molecule has 164 valence electrons. The summed E-state index contributed by atoms with van der Waals surface area (Å²) in [6.07, 6.45) is 0.991. The van der Waals surface area contributed by atoms with Crippen LogP contribution in [0.1, 0.15) is 41.8 Å². The Kier molecular flexibility index (Phi) is 9.04. The number of hydrogen-bond donors (Lipinski definition) is 4. The second kappa shape index (κ2) is 11.0. The largest absolute Gasteiger partial charge is 0.496 e. The van der Waals surface area contributed by atoms with Crippen LogP contribution < -0.4 is 20.7 Å². The van der Waals surface area contributed by atoms with Crippen molar-refractivity contribution in [2.24, 2.45) is 0 Å². The Morgan fingerprint density at radius 3 is 2.00 bits per heavy atom. The number of benzene rings is 1. The Labute approximate surface area is 175 Å². The number of ether oxygens (including phenoxy) is 1. The highest BCUT2D eigenvalue weighted by Gasteiger charge is 2.23. The van der Waals surface area contributed by atoms with E-state index in [0.717, 1.165) is 11.1 Å². The van der Waals surface area contributed by atoms with Gasteiger partial charge < -0.3 is 25.8 Å². The fraction of sp³-hybridized carbons (Fsp3) is 0.429. The zero-order valence-corrected chi connectivity index (χ0v) is 17.9. The molecular formula is C21H29N3O6. The third-order valence-electron chi connectivity index (χ3n) is 4.43. The van der Waals surface area contributed by atoms with Gasteiger partial charge in [0.2, 0.25) is 11.8 Å². The van der Waals surface area contributed by atoms with Crippen molar-refractivity contribution in [1.82, 2.24) is 16.0 Å². The lowest BCUT2D eigenvalue weighted by Crippen LogP contribution is -2.53. The molecule has 0 unspecified atom stereocenters. The van der Waals surface area contributed by atoms with Crippen LogP contribution in [-0.4, -0.2) is 54.0 Å². The van der Waals surface area contributed by atoms with Crippen molar-refractivity contribution in [3.8, 4) is 5.75 Å². The molecule has 1 aromatic carbocycles. The van der Waals surface area contributed by atoms with Gasteiger partial charge in [-0.1, -0.05) is 6.08 Å². The number of carboxylic acids is 1. The summed E-state index contributed by atoms with van der Waals surface area (Å²) in [7, 11) is 1.55. The Morgan fingerprint density at radius 1 is 1.03 bits per heavy atom. The number of aliphatic carboxylic acids is 1. The van der Waals surface area contributed by atoms with Gasteiger partial charge in [-0.25, -0.2) is 0 Å². The molecule has 3 amide bonds. The number of hydrogen-bond acceptors (Lipinski definition) is 5. The van der Waals surface area contributed by atoms with Crippen molar-refractivity contribution in [2.75, 3.05) is 7.11 Å². The van der Waals surface area contributed by atoms with Gasteiger partial charge in [0.15, 0.2) is 0 Å². The van der Waals surface area contributed by atoms with Gasteiger partial charge in [-0.15, -0.1) is 6.58 Å². The quantitative estimate of drug-likeness (QED) is 0.419. The molecule has 4 N–H and O–H groups in total. The first-order valence-electron chi connectivity index (χ1n) is 9.41. The zero-order valence-electron chi connectivity index (χ0n) is 17.9. The number of rotatable bonds is 10. The monoisotopic (exact) mass is 419 g/mol. The molecule has 1 aromatic rings. The highest BCUT2D eigenvalue weighted by atomic mass is 16.5. The third kappa shape index (κ3) is 6.91. The van der Waals surface area contributed by atoms with Crippen LogP contribution in [0.25, 0.3) is 0 Å². The summed E-state index contributed by atoms with van der Waals surface area (Å²) in [6.45, 7) is 10.1. The van der Waals surface area contributed by atoms with Crippen LogP contribution >= 0.6 is 0 Å². The fourth-order valence-corrected chi connectivity index (χ4v) is 2.84. The smallest absolute Gasteiger partial charge is 0.305 e. The second-order valence-electron chi connectivity index (χ2n) is 7.02. The number of methoxy groups -OCH3 is 1. The van der Waals surface area contributed by atoms with E-state index < -0.39 is 41.8 Å². The van der Waals surface area contributed by atoms with Crippen LogP contribution in [0.5, 0.6) is 5.75 Å². The maximum Gasteiger partial charge on any atom is 0.305 e. The Balaban J connectivity index is 2.69. The summed E-state index contributed by atoms with van der Waals surface area (Å²) in [4.78, 5) is 47.8. The van der Waals surface area contributed by atoms with E-state index in [-0.39, 0.29) is 6.42 Å². The average Bonchev–Trinajstić information content (AvgIpc) is 2.66. The van der Waals surface area contributed by atoms with Crippen molar-refractivity contribution in [3.05, 3.63) is 41.5 Å². The number of carboxylic acid groups (broad SMARTS) is 1. The van der Waals surface area contributed by atoms with Crippen molar-refractivity contribution in [3.63, 3.8) is 0 Å². The number of carbonyl (C=O) groups excluding carboxylic acids is 3. The molecule has 0 saturated heterocycles. The molecule has 3 atom stereocenters. The highest BCUT2D eigenvalue weighted by Crippen LogP contribution is 2.24. The lowest BCUT2D eigenvalue weighted by Gasteiger charge is -2.20. The van der Waals surface area contributed by atoms with Gasteiger partial charge in [0.25, 0.3) is 5.91 Å². The lowest BCUT2D eigenvalue weighted by molar-refractivity contribution is -0.137. The standard InChI is InChI=1S/C21H29N3O6/c1-7-16(10-17(25)26)24-20(28)14(5)22-19(27)13(4)23-21(29)15-8-11(2)18(30-6)12(3)9-15/h7-9,13-14,16H,1,10H2,2-6H3,(H,22,27)(H,23,29)(H,24,28)(H,25,26)/t13-,14-,16+/m0/s1. The first-order chi connectivity index (χ1) is 14.0. The fourth-order valence-electron chi connectivity index (χ4n) is 2.84. The first kappa shape index (κ1) is 24.7. The van der Waals surface area contributed by atoms with Gasteiger partial charge in [-0.3, -0.25) is 19.2 Å². The summed E-state index contributed by atoms with van der Waals surface area (Å²) < 4.78 is 5.28. The SMILES string of the molecule is C=C[C@H](CC(=O)O)NC(=O)[C@H](C)NC(=O)[C@H](C)NC(=O)c1cc(C)c(OC)c(C)c1. The summed E-state index contributed by atoms with van der Waals surface area (Å²) >= 11 is 0. The summed E-state index contributed by atoms with van der Waals surface area (Å²) in [6, 6.07) is 0.746. The Morgan fingerprint density at radius 2 is 1.53 bits per heavy atom. The molecular weight excluding hydrogens is 390 g/mol. The minimum Gasteiger partial charge on any atom is -0.496 e. The van der Waals surface area contributed by atoms with Crippen LogP contribution in [0.3, 0.4) is 0 Å². The molecule has 0 bridgehead atoms. The predicted octanol–water partition coefficient (Wildman–Crippen LogP) is 1.08. The average molecular weight is 419 g/mol. The summed E-state index contributed by atoms with van der Waals surface area (Å²) in [5.74, 6) is -1.94. The molecule has 0 aliphatic rings. The molecule has 1 rings (SSSR count). The second-order valence-corrected chi connectivity index (χ2v) is 7.02. The predicted molar refractivity (Wildman–Crippen MR) is 111 cm³/mol. The van der Waals surface area contributed by atoms with E-state index in [2.05, 4.69) is 22.5 Å². The topological polar surface area (TPSA) is 134 Å². The van der Waals surface area contributed by atoms with Crippen LogP contribution in [-0.2, 0) is 14.4 Å². The molecule has 0 aromatic heterocycles. The van der Waals surface area contributed by atoms with Crippen molar-refractivity contribution in [2.45, 2.75) is 52.2 Å². The maximum atomic E-state index is 12.5. The van der Waals surface area contributed by atoms with Crippen LogP contribution in [0, 0.1) is 13.8 Å². The van der Waals surface area contributed by atoms with E-state index in [1.807, 2.05) is 13.8 Å². The summed E-state index contributed by atoms with van der Waals surface area (Å²) in [5.41, 5.74) is 1.98. The molecule has 0 aliphatic carbocycles. The van der Waals surface area contributed by atoms with Gasteiger partial charge in [-0.2, -0.15) is 0 Å². The molecule has 0 fully saturated rings. The van der Waals surface area contributed by atoms with Gasteiger partial charge in [0.1, 0.15) is 17.8 Å². The van der Waals surface area contributed by atoms with E-state index in [0.29, 0.717) is 11.3 Å². The minimum atomic E-state index is -1.09. The molecule has 9 heteroatoms. The van der Waals surface area contributed by atoms with E-state index in [9.17, 15) is 19.2 Å². The number of carbonyl (C=O) groups is 4. The van der Waals surface area contributed by atoms with Crippen LogP contribution in [0.2, 0.25) is 0 Å². The summed E-state index contributed by atoms with van der Waals surface area (Å²) in [5, 5.41) is 16.4. The molecule has 0 aliphatic heterocycles. The molecule has 0 radical (unpaired) electrons. The van der Waals surface area contributed by atoms with Gasteiger partial charge in [0.05, 0.1) is 19.6 Å². The van der Waals surface area contributed by atoms with Crippen LogP contribution in [0.15, 0.2) is 24.8 Å². The maximum absolute atomic E-state index is 12.5. The normalized spacial score (nSPS) is 13.4. The van der Waals surface area contributed by atoms with Crippen molar-refractivity contribution >= 4 is 23.7 Å². The van der Waals surface area contributed by atoms with Crippen LogP contribution in [0.4, 0.5) is 0 Å². The van der Waals surface area contributed by atoms with E-state index in [1.54, 1.807) is 19.2 Å². The van der Waals surface area contributed by atoms with Crippen molar-refractivity contribution in [1.29, 1.82) is 0 Å². The van der Waals surface area contributed by atoms with E-state index in [1.165, 1.54) is 19.9 Å². The van der Waals surface area contributed by atoms with E-state index in [4.69, 9.17) is 9.84 Å².